The first-order valence-electron chi connectivity index (χ1n) is 8.48. The van der Waals surface area contributed by atoms with Crippen LogP contribution in [0.5, 0.6) is 0 Å². The Morgan fingerprint density at radius 1 is 1.48 bits per heavy atom. The lowest BCUT2D eigenvalue weighted by molar-refractivity contribution is -0.143. The van der Waals surface area contributed by atoms with Crippen LogP contribution in [0.15, 0.2) is 22.9 Å². The van der Waals surface area contributed by atoms with Gasteiger partial charge >= 0.3 is 0 Å². The lowest BCUT2D eigenvalue weighted by Gasteiger charge is -2.39. The summed E-state index contributed by atoms with van der Waals surface area (Å²) in [5.74, 6) is 0.272. The van der Waals surface area contributed by atoms with E-state index in [1.807, 2.05) is 27.0 Å². The fraction of sp³-hybridized carbons (Fsp3) is 0.529. The molecule has 8 heteroatoms. The number of nitrogens with zero attached hydrogens (tertiary/aromatic N) is 4. The highest BCUT2D eigenvalue weighted by atomic mass is 16.5. The number of aryl methyl sites for hydroxylation is 2. The van der Waals surface area contributed by atoms with Gasteiger partial charge in [0.1, 0.15) is 0 Å². The van der Waals surface area contributed by atoms with Crippen molar-refractivity contribution < 1.29 is 14.1 Å². The van der Waals surface area contributed by atoms with Crippen molar-refractivity contribution in [3.05, 3.63) is 35.5 Å². The Kier molecular flexibility index (Phi) is 4.87. The first-order valence-corrected chi connectivity index (χ1v) is 8.48. The van der Waals surface area contributed by atoms with Gasteiger partial charge in [-0.3, -0.25) is 14.3 Å². The zero-order valence-corrected chi connectivity index (χ0v) is 14.7. The van der Waals surface area contributed by atoms with Crippen LogP contribution in [-0.4, -0.2) is 38.2 Å². The van der Waals surface area contributed by atoms with Gasteiger partial charge in [0, 0.05) is 32.3 Å². The summed E-state index contributed by atoms with van der Waals surface area (Å²) in [7, 11) is 1.83. The predicted octanol–water partition coefficient (Wildman–Crippen LogP) is 1.33. The second kappa shape index (κ2) is 7.08. The number of carbonyl (C=O) groups excluding carboxylic acids is 2. The summed E-state index contributed by atoms with van der Waals surface area (Å²) in [6.45, 7) is 4.60. The smallest absolute Gasteiger partial charge is 0.225 e. The number of nitrogens with one attached hydrogen (secondary N) is 1. The van der Waals surface area contributed by atoms with Gasteiger partial charge in [0.25, 0.3) is 0 Å². The Balaban J connectivity index is 1.80. The molecule has 25 heavy (non-hydrogen) atoms. The molecule has 1 saturated heterocycles. The van der Waals surface area contributed by atoms with Crippen LogP contribution < -0.4 is 5.32 Å². The Morgan fingerprint density at radius 2 is 2.28 bits per heavy atom. The van der Waals surface area contributed by atoms with E-state index < -0.39 is 0 Å². The number of aromatic nitrogens is 3. The second-order valence-corrected chi connectivity index (χ2v) is 6.30. The van der Waals surface area contributed by atoms with E-state index >= 15 is 0 Å². The van der Waals surface area contributed by atoms with E-state index in [1.54, 1.807) is 21.8 Å². The molecule has 0 bridgehead atoms. The lowest BCUT2D eigenvalue weighted by Crippen LogP contribution is -2.48. The van der Waals surface area contributed by atoms with Gasteiger partial charge in [-0.1, -0.05) is 5.16 Å². The quantitative estimate of drug-likeness (QED) is 0.882. The normalized spacial score (nSPS) is 20.8. The van der Waals surface area contributed by atoms with Crippen molar-refractivity contribution in [1.82, 2.24) is 25.2 Å². The molecule has 134 valence electrons. The van der Waals surface area contributed by atoms with Crippen LogP contribution >= 0.6 is 0 Å². The molecule has 1 aliphatic rings. The van der Waals surface area contributed by atoms with Crippen molar-refractivity contribution in [2.24, 2.45) is 13.0 Å². The van der Waals surface area contributed by atoms with E-state index in [-0.39, 0.29) is 30.3 Å². The number of likely N-dealkylation sites (tertiary alicyclic amines) is 1. The van der Waals surface area contributed by atoms with E-state index in [0.29, 0.717) is 25.1 Å². The maximum absolute atomic E-state index is 12.8. The third kappa shape index (κ3) is 3.42. The largest absolute Gasteiger partial charge is 0.359 e. The van der Waals surface area contributed by atoms with Crippen LogP contribution in [0, 0.1) is 12.8 Å². The molecular formula is C17H23N5O3. The van der Waals surface area contributed by atoms with Crippen molar-refractivity contribution in [2.45, 2.75) is 39.3 Å². The maximum Gasteiger partial charge on any atom is 0.225 e. The molecule has 2 atom stereocenters. The highest BCUT2D eigenvalue weighted by Crippen LogP contribution is 2.36. The first kappa shape index (κ1) is 17.2. The number of rotatable bonds is 5. The fourth-order valence-electron chi connectivity index (χ4n) is 3.45. The monoisotopic (exact) mass is 345 g/mol. The number of amides is 2. The molecule has 0 aliphatic carbocycles. The van der Waals surface area contributed by atoms with E-state index in [4.69, 9.17) is 4.52 Å². The maximum atomic E-state index is 12.8. The van der Waals surface area contributed by atoms with Crippen LogP contribution in [0.3, 0.4) is 0 Å². The van der Waals surface area contributed by atoms with E-state index in [0.717, 1.165) is 11.4 Å². The fourth-order valence-corrected chi connectivity index (χ4v) is 3.45. The molecule has 3 heterocycles. The van der Waals surface area contributed by atoms with Crippen molar-refractivity contribution in [2.75, 3.05) is 6.54 Å². The molecule has 1 fully saturated rings. The van der Waals surface area contributed by atoms with Gasteiger partial charge in [-0.05, 0) is 26.3 Å². The van der Waals surface area contributed by atoms with Crippen LogP contribution in [0.2, 0.25) is 0 Å². The van der Waals surface area contributed by atoms with Crippen LogP contribution in [0.1, 0.15) is 43.0 Å². The molecule has 0 spiro atoms. The van der Waals surface area contributed by atoms with Gasteiger partial charge in [0.15, 0.2) is 5.76 Å². The van der Waals surface area contributed by atoms with Gasteiger partial charge in [0.2, 0.25) is 11.8 Å². The first-order chi connectivity index (χ1) is 12.0. The summed E-state index contributed by atoms with van der Waals surface area (Å²) in [6, 6.07) is 3.35. The lowest BCUT2D eigenvalue weighted by atomic mass is 9.85. The predicted molar refractivity (Wildman–Crippen MR) is 89.1 cm³/mol. The third-order valence-corrected chi connectivity index (χ3v) is 4.66. The number of piperidine rings is 1. The summed E-state index contributed by atoms with van der Waals surface area (Å²) in [5.41, 5.74) is 1.64. The molecule has 0 saturated carbocycles. The van der Waals surface area contributed by atoms with Gasteiger partial charge in [0.05, 0.1) is 29.9 Å². The van der Waals surface area contributed by atoms with Crippen molar-refractivity contribution in [3.8, 4) is 0 Å². The van der Waals surface area contributed by atoms with Gasteiger partial charge < -0.3 is 14.7 Å². The van der Waals surface area contributed by atoms with Crippen LogP contribution in [0.25, 0.3) is 0 Å². The minimum absolute atomic E-state index is 0.0728. The molecule has 0 radical (unpaired) electrons. The zero-order valence-electron chi connectivity index (χ0n) is 14.7. The SMILES string of the molecule is CCN1C(=O)CC[C@H](C(=O)NCc2cc(C)no2)[C@H]1c1ccnn1C. The van der Waals surface area contributed by atoms with E-state index in [1.165, 1.54) is 0 Å². The van der Waals surface area contributed by atoms with Gasteiger partial charge in [-0.15, -0.1) is 0 Å². The zero-order chi connectivity index (χ0) is 18.0. The summed E-state index contributed by atoms with van der Waals surface area (Å²) in [5, 5.41) is 10.9. The Labute approximate surface area is 146 Å². The molecule has 2 aromatic rings. The molecule has 8 nitrogen and oxygen atoms in total. The second-order valence-electron chi connectivity index (χ2n) is 6.30. The average molecular weight is 345 g/mol. The highest BCUT2D eigenvalue weighted by molar-refractivity contribution is 5.84. The minimum Gasteiger partial charge on any atom is -0.359 e. The molecule has 1 aliphatic heterocycles. The molecule has 2 aromatic heterocycles. The average Bonchev–Trinajstić information content (AvgIpc) is 3.20. The Bertz CT molecular complexity index is 766. The van der Waals surface area contributed by atoms with Crippen LogP contribution in [0.4, 0.5) is 0 Å². The van der Waals surface area contributed by atoms with Crippen molar-refractivity contribution >= 4 is 11.8 Å². The van der Waals surface area contributed by atoms with E-state index in [9.17, 15) is 9.59 Å². The molecule has 2 amide bonds. The Hall–Kier alpha value is -2.64. The number of hydrogen-bond acceptors (Lipinski definition) is 5. The molecule has 3 rings (SSSR count). The standard InChI is InChI=1S/C17H23N5O3/c1-4-22-15(23)6-5-13(16(22)14-7-8-19-21(14)3)17(24)18-10-12-9-11(2)20-25-12/h7-9,13,16H,4-6,10H2,1-3H3,(H,18,24)/t13-,16-/m0/s1. The highest BCUT2D eigenvalue weighted by Gasteiger charge is 2.41. The summed E-state index contributed by atoms with van der Waals surface area (Å²) in [4.78, 5) is 26.9. The van der Waals surface area contributed by atoms with Crippen molar-refractivity contribution in [1.29, 1.82) is 0 Å². The van der Waals surface area contributed by atoms with Crippen LogP contribution in [-0.2, 0) is 23.2 Å². The Morgan fingerprint density at radius 3 is 2.88 bits per heavy atom. The molecule has 0 aromatic carbocycles. The summed E-state index contributed by atoms with van der Waals surface area (Å²) in [6.07, 6.45) is 2.59. The topological polar surface area (TPSA) is 93.3 Å². The molecule has 0 unspecified atom stereocenters. The van der Waals surface area contributed by atoms with E-state index in [2.05, 4.69) is 15.6 Å². The minimum atomic E-state index is -0.322. The van der Waals surface area contributed by atoms with Gasteiger partial charge in [-0.25, -0.2) is 0 Å². The molecular weight excluding hydrogens is 322 g/mol. The third-order valence-electron chi connectivity index (χ3n) is 4.66. The summed E-state index contributed by atoms with van der Waals surface area (Å²) >= 11 is 0. The molecule has 1 N–H and O–H groups in total. The number of carbonyl (C=O) groups is 2. The summed E-state index contributed by atoms with van der Waals surface area (Å²) < 4.78 is 6.86. The van der Waals surface area contributed by atoms with Crippen molar-refractivity contribution in [3.63, 3.8) is 0 Å². The number of hydrogen-bond donors (Lipinski definition) is 1. The van der Waals surface area contributed by atoms with Gasteiger partial charge in [-0.2, -0.15) is 5.10 Å².